The lowest BCUT2D eigenvalue weighted by atomic mass is 10.2. The zero-order valence-electron chi connectivity index (χ0n) is 16.3. The van der Waals surface area contributed by atoms with Crippen molar-refractivity contribution in [3.05, 3.63) is 66.6 Å². The van der Waals surface area contributed by atoms with Crippen LogP contribution in [0.25, 0.3) is 0 Å². The van der Waals surface area contributed by atoms with E-state index in [0.29, 0.717) is 5.76 Å². The van der Waals surface area contributed by atoms with E-state index in [2.05, 4.69) is 11.9 Å². The Hall–Kier alpha value is -2.91. The molecule has 1 amide bonds. The summed E-state index contributed by atoms with van der Waals surface area (Å²) < 4.78 is 37.4. The van der Waals surface area contributed by atoms with Crippen LogP contribution in [0.15, 0.2) is 64.6 Å². The van der Waals surface area contributed by atoms with Gasteiger partial charge in [0.15, 0.2) is 6.10 Å². The van der Waals surface area contributed by atoms with Gasteiger partial charge in [-0.25, -0.2) is 8.42 Å². The van der Waals surface area contributed by atoms with Crippen molar-refractivity contribution in [3.8, 4) is 0 Å². The van der Waals surface area contributed by atoms with Gasteiger partial charge < -0.3 is 14.5 Å². The average Bonchev–Trinajstić information content (AvgIpc) is 3.19. The number of carbonyl (C=O) groups is 2. The second-order valence-electron chi connectivity index (χ2n) is 6.33. The Balaban J connectivity index is 2.17. The Bertz CT molecular complexity index is 936. The quantitative estimate of drug-likeness (QED) is 0.466. The number of benzene rings is 1. The molecule has 1 aromatic carbocycles. The molecule has 9 heteroatoms. The Morgan fingerprint density at radius 3 is 2.55 bits per heavy atom. The van der Waals surface area contributed by atoms with Crippen LogP contribution in [0, 0.1) is 6.92 Å². The highest BCUT2D eigenvalue weighted by Gasteiger charge is 2.29. The maximum Gasteiger partial charge on any atom is 0.322 e. The number of hydrogen-bond acceptors (Lipinski definition) is 6. The Kier molecular flexibility index (Phi) is 7.74. The van der Waals surface area contributed by atoms with Crippen molar-refractivity contribution in [1.82, 2.24) is 9.62 Å². The van der Waals surface area contributed by atoms with Crippen molar-refractivity contribution in [2.45, 2.75) is 31.4 Å². The second-order valence-corrected chi connectivity index (χ2v) is 8.27. The van der Waals surface area contributed by atoms with Crippen molar-refractivity contribution >= 4 is 21.9 Å². The van der Waals surface area contributed by atoms with Gasteiger partial charge in [-0.1, -0.05) is 23.8 Å². The highest BCUT2D eigenvalue weighted by atomic mass is 32.2. The van der Waals surface area contributed by atoms with E-state index in [0.717, 1.165) is 9.87 Å². The van der Waals surface area contributed by atoms with E-state index < -0.39 is 34.5 Å². The van der Waals surface area contributed by atoms with Gasteiger partial charge in [0.2, 0.25) is 10.0 Å². The normalized spacial score (nSPS) is 12.4. The monoisotopic (exact) mass is 420 g/mol. The molecule has 1 aromatic heterocycles. The molecule has 0 fully saturated rings. The lowest BCUT2D eigenvalue weighted by molar-refractivity contribution is -0.154. The number of rotatable bonds is 10. The van der Waals surface area contributed by atoms with Gasteiger partial charge in [-0.15, -0.1) is 6.58 Å². The van der Waals surface area contributed by atoms with Gasteiger partial charge in [-0.3, -0.25) is 9.59 Å². The summed E-state index contributed by atoms with van der Waals surface area (Å²) in [5, 5.41) is 2.51. The van der Waals surface area contributed by atoms with Crippen LogP contribution in [0.3, 0.4) is 0 Å². The highest BCUT2D eigenvalue weighted by molar-refractivity contribution is 7.89. The lowest BCUT2D eigenvalue weighted by Gasteiger charge is -2.21. The Morgan fingerprint density at radius 1 is 1.28 bits per heavy atom. The Morgan fingerprint density at radius 2 is 1.97 bits per heavy atom. The van der Waals surface area contributed by atoms with Crippen LogP contribution in [-0.4, -0.2) is 43.8 Å². The maximum atomic E-state index is 13.1. The van der Waals surface area contributed by atoms with Gasteiger partial charge in [-0.2, -0.15) is 4.31 Å². The molecule has 8 nitrogen and oxygen atoms in total. The molecule has 0 aliphatic rings. The fraction of sp³-hybridized carbons (Fsp3) is 0.300. The predicted molar refractivity (Wildman–Crippen MR) is 106 cm³/mol. The van der Waals surface area contributed by atoms with E-state index in [4.69, 9.17) is 9.15 Å². The van der Waals surface area contributed by atoms with Gasteiger partial charge in [0.1, 0.15) is 12.3 Å². The fourth-order valence-electron chi connectivity index (χ4n) is 2.41. The largest absolute Gasteiger partial charge is 0.468 e. The molecule has 0 saturated carbocycles. The minimum absolute atomic E-state index is 0.0410. The van der Waals surface area contributed by atoms with Crippen molar-refractivity contribution in [3.63, 3.8) is 0 Å². The molecule has 29 heavy (non-hydrogen) atoms. The molecule has 2 rings (SSSR count). The van der Waals surface area contributed by atoms with Gasteiger partial charge in [-0.05, 0) is 38.1 Å². The molecule has 2 aromatic rings. The number of sulfonamides is 1. The number of furan rings is 1. The number of amides is 1. The fourth-order valence-corrected chi connectivity index (χ4v) is 3.76. The zero-order valence-corrected chi connectivity index (χ0v) is 17.1. The summed E-state index contributed by atoms with van der Waals surface area (Å²) >= 11 is 0. The number of nitrogens with one attached hydrogen (secondary N) is 1. The smallest absolute Gasteiger partial charge is 0.322 e. The number of nitrogens with zero attached hydrogens (tertiary/aromatic N) is 1. The van der Waals surface area contributed by atoms with E-state index in [-0.39, 0.29) is 18.0 Å². The molecule has 156 valence electrons. The third-order valence-corrected chi connectivity index (χ3v) is 5.78. The predicted octanol–water partition coefficient (Wildman–Crippen LogP) is 2.01. The molecule has 1 N–H and O–H groups in total. The minimum atomic E-state index is -4.00. The van der Waals surface area contributed by atoms with E-state index >= 15 is 0 Å². The van der Waals surface area contributed by atoms with Gasteiger partial charge in [0, 0.05) is 6.54 Å². The molecule has 0 spiro atoms. The van der Waals surface area contributed by atoms with Crippen LogP contribution in [0.2, 0.25) is 0 Å². The van der Waals surface area contributed by atoms with E-state index in [1.54, 1.807) is 24.3 Å². The van der Waals surface area contributed by atoms with Gasteiger partial charge in [0.05, 0.1) is 17.7 Å². The number of esters is 1. The molecule has 0 aliphatic carbocycles. The molecule has 0 aliphatic heterocycles. The van der Waals surface area contributed by atoms with Crippen molar-refractivity contribution in [2.24, 2.45) is 0 Å². The van der Waals surface area contributed by atoms with E-state index in [1.165, 1.54) is 31.4 Å². The Labute approximate surface area is 170 Å². The van der Waals surface area contributed by atoms with Crippen molar-refractivity contribution < 1.29 is 27.2 Å². The van der Waals surface area contributed by atoms with Crippen LogP contribution in [0.4, 0.5) is 0 Å². The van der Waals surface area contributed by atoms with Crippen LogP contribution < -0.4 is 5.32 Å². The second kappa shape index (κ2) is 10.0. The standard InChI is InChI=1S/C20H24N2O6S/c1-4-11-21-20(24)16(3)28-19(23)14-22(13-17-6-5-12-27-17)29(25,26)18-9-7-15(2)8-10-18/h4-10,12,16H,1,11,13-14H2,2-3H3,(H,21,24)/t16-/m0/s1. The van der Waals surface area contributed by atoms with Crippen molar-refractivity contribution in [2.75, 3.05) is 13.1 Å². The number of ether oxygens (including phenoxy) is 1. The molecule has 0 unspecified atom stereocenters. The average molecular weight is 420 g/mol. The third kappa shape index (κ3) is 6.30. The lowest BCUT2D eigenvalue weighted by Crippen LogP contribution is -2.40. The van der Waals surface area contributed by atoms with Crippen LogP contribution in [-0.2, 0) is 30.9 Å². The first-order valence-electron chi connectivity index (χ1n) is 8.91. The van der Waals surface area contributed by atoms with Crippen LogP contribution in [0.1, 0.15) is 18.2 Å². The van der Waals surface area contributed by atoms with E-state index in [9.17, 15) is 18.0 Å². The van der Waals surface area contributed by atoms with Crippen molar-refractivity contribution in [1.29, 1.82) is 0 Å². The molecule has 0 radical (unpaired) electrons. The highest BCUT2D eigenvalue weighted by Crippen LogP contribution is 2.19. The molecular weight excluding hydrogens is 396 g/mol. The van der Waals surface area contributed by atoms with Crippen LogP contribution in [0.5, 0.6) is 0 Å². The summed E-state index contributed by atoms with van der Waals surface area (Å²) in [7, 11) is -4.00. The SMILES string of the molecule is C=CCNC(=O)[C@H](C)OC(=O)CN(Cc1ccco1)S(=O)(=O)c1ccc(C)cc1. The van der Waals surface area contributed by atoms with Gasteiger partial charge in [0.25, 0.3) is 5.91 Å². The molecule has 1 atom stereocenters. The summed E-state index contributed by atoms with van der Waals surface area (Å²) in [6, 6.07) is 9.50. The minimum Gasteiger partial charge on any atom is -0.468 e. The first kappa shape index (κ1) is 22.4. The first-order valence-corrected chi connectivity index (χ1v) is 10.4. The number of carbonyl (C=O) groups excluding carboxylic acids is 2. The molecule has 0 bridgehead atoms. The summed E-state index contributed by atoms with van der Waals surface area (Å²) in [4.78, 5) is 24.2. The topological polar surface area (TPSA) is 106 Å². The van der Waals surface area contributed by atoms with E-state index in [1.807, 2.05) is 6.92 Å². The summed E-state index contributed by atoms with van der Waals surface area (Å²) in [5.74, 6) is -0.990. The number of hydrogen-bond donors (Lipinski definition) is 1. The number of aryl methyl sites for hydroxylation is 1. The molecular formula is C20H24N2O6S. The molecule has 1 heterocycles. The molecule has 0 saturated heterocycles. The van der Waals surface area contributed by atoms with Crippen LogP contribution >= 0.6 is 0 Å². The zero-order chi connectivity index (χ0) is 21.4. The van der Waals surface area contributed by atoms with Gasteiger partial charge >= 0.3 is 5.97 Å². The summed E-state index contributed by atoms with van der Waals surface area (Å²) in [6.45, 7) is 6.23. The third-order valence-electron chi connectivity index (χ3n) is 3.97. The first-order chi connectivity index (χ1) is 13.7. The summed E-state index contributed by atoms with van der Waals surface area (Å²) in [6.07, 6.45) is 1.83. The summed E-state index contributed by atoms with van der Waals surface area (Å²) in [5.41, 5.74) is 0.903. The maximum absolute atomic E-state index is 13.1.